The Bertz CT molecular complexity index is 748. The highest BCUT2D eigenvalue weighted by Crippen LogP contribution is 2.11. The Morgan fingerprint density at radius 1 is 0.870 bits per heavy atom. The van der Waals surface area contributed by atoms with E-state index in [1.54, 1.807) is 18.6 Å². The fraction of sp³-hybridized carbons (Fsp3) is 0.125. The highest BCUT2D eigenvalue weighted by Gasteiger charge is 2.01. The van der Waals surface area contributed by atoms with Gasteiger partial charge in [0.2, 0.25) is 5.95 Å². The molecule has 7 heteroatoms. The van der Waals surface area contributed by atoms with Gasteiger partial charge in [-0.1, -0.05) is 23.7 Å². The number of rotatable bonds is 6. The maximum atomic E-state index is 5.87. The molecule has 0 saturated heterocycles. The largest absolute Gasteiger partial charge is 0.365 e. The number of nitrogens with zero attached hydrogens (tertiary/aromatic N) is 4. The average Bonchev–Trinajstić information content (AvgIpc) is 2.61. The second kappa shape index (κ2) is 7.51. The van der Waals surface area contributed by atoms with Crippen molar-refractivity contribution in [3.8, 4) is 0 Å². The molecule has 1 aromatic carbocycles. The standard InChI is InChI=1S/C16H15ClN6/c17-14-3-1-12(2-4-14)9-19-15-11-21-23-16(22-15)20-10-13-5-7-18-8-6-13/h1-8,11H,9-10H2,(H2,19,20,22,23). The van der Waals surface area contributed by atoms with E-state index in [0.717, 1.165) is 16.1 Å². The van der Waals surface area contributed by atoms with Crippen LogP contribution < -0.4 is 10.6 Å². The molecule has 0 fully saturated rings. The van der Waals surface area contributed by atoms with E-state index < -0.39 is 0 Å². The third kappa shape index (κ3) is 4.62. The van der Waals surface area contributed by atoms with Crippen molar-refractivity contribution in [2.45, 2.75) is 13.1 Å². The van der Waals surface area contributed by atoms with Crippen LogP contribution in [0.15, 0.2) is 55.0 Å². The van der Waals surface area contributed by atoms with E-state index in [0.29, 0.717) is 24.9 Å². The van der Waals surface area contributed by atoms with Crippen LogP contribution in [0.25, 0.3) is 0 Å². The molecule has 116 valence electrons. The monoisotopic (exact) mass is 326 g/mol. The van der Waals surface area contributed by atoms with Crippen molar-refractivity contribution < 1.29 is 0 Å². The number of nitrogens with one attached hydrogen (secondary N) is 2. The van der Waals surface area contributed by atoms with Gasteiger partial charge in [-0.2, -0.15) is 10.1 Å². The van der Waals surface area contributed by atoms with Gasteiger partial charge in [-0.05, 0) is 35.4 Å². The fourth-order valence-corrected chi connectivity index (χ4v) is 2.07. The van der Waals surface area contributed by atoms with Gasteiger partial charge in [0.25, 0.3) is 0 Å². The van der Waals surface area contributed by atoms with Gasteiger partial charge in [0.15, 0.2) is 5.82 Å². The first-order chi connectivity index (χ1) is 11.3. The fourth-order valence-electron chi connectivity index (χ4n) is 1.94. The molecule has 2 aromatic heterocycles. The average molecular weight is 327 g/mol. The molecule has 0 bridgehead atoms. The maximum Gasteiger partial charge on any atom is 0.244 e. The summed E-state index contributed by atoms with van der Waals surface area (Å²) in [6.45, 7) is 1.25. The van der Waals surface area contributed by atoms with E-state index in [1.807, 2.05) is 36.4 Å². The number of pyridine rings is 1. The summed E-state index contributed by atoms with van der Waals surface area (Å²) in [5.74, 6) is 1.13. The lowest BCUT2D eigenvalue weighted by atomic mass is 10.2. The molecule has 3 aromatic rings. The summed E-state index contributed by atoms with van der Waals surface area (Å²) in [6, 6.07) is 11.5. The van der Waals surface area contributed by atoms with Gasteiger partial charge in [-0.25, -0.2) is 0 Å². The summed E-state index contributed by atoms with van der Waals surface area (Å²) >= 11 is 5.87. The van der Waals surface area contributed by atoms with E-state index >= 15 is 0 Å². The summed E-state index contributed by atoms with van der Waals surface area (Å²) in [6.07, 6.45) is 5.09. The molecule has 0 unspecified atom stereocenters. The maximum absolute atomic E-state index is 5.87. The van der Waals surface area contributed by atoms with E-state index in [-0.39, 0.29) is 0 Å². The number of benzene rings is 1. The Labute approximate surface area is 139 Å². The van der Waals surface area contributed by atoms with Crippen LogP contribution in [0.3, 0.4) is 0 Å². The molecule has 0 aliphatic heterocycles. The van der Waals surface area contributed by atoms with E-state index in [4.69, 9.17) is 11.6 Å². The molecule has 6 nitrogen and oxygen atoms in total. The Hall–Kier alpha value is -2.73. The molecule has 0 aliphatic rings. The number of hydrogen-bond acceptors (Lipinski definition) is 6. The van der Waals surface area contributed by atoms with E-state index in [2.05, 4.69) is 30.8 Å². The van der Waals surface area contributed by atoms with Gasteiger partial charge in [0.1, 0.15) is 0 Å². The van der Waals surface area contributed by atoms with Crippen LogP contribution in [0.4, 0.5) is 11.8 Å². The van der Waals surface area contributed by atoms with Crippen molar-refractivity contribution in [1.82, 2.24) is 20.2 Å². The molecule has 23 heavy (non-hydrogen) atoms. The van der Waals surface area contributed by atoms with Crippen molar-refractivity contribution >= 4 is 23.4 Å². The molecular weight excluding hydrogens is 312 g/mol. The van der Waals surface area contributed by atoms with Crippen LogP contribution in [-0.4, -0.2) is 20.2 Å². The van der Waals surface area contributed by atoms with Gasteiger partial charge in [-0.3, -0.25) is 4.98 Å². The zero-order valence-corrected chi connectivity index (χ0v) is 13.0. The molecule has 2 N–H and O–H groups in total. The van der Waals surface area contributed by atoms with Gasteiger partial charge in [-0.15, -0.1) is 5.10 Å². The highest BCUT2D eigenvalue weighted by molar-refractivity contribution is 6.30. The highest BCUT2D eigenvalue weighted by atomic mass is 35.5. The molecule has 2 heterocycles. The topological polar surface area (TPSA) is 75.6 Å². The van der Waals surface area contributed by atoms with Crippen LogP contribution in [0, 0.1) is 0 Å². The van der Waals surface area contributed by atoms with Gasteiger partial charge < -0.3 is 10.6 Å². The number of aromatic nitrogens is 4. The normalized spacial score (nSPS) is 10.3. The zero-order chi connectivity index (χ0) is 15.9. The lowest BCUT2D eigenvalue weighted by Gasteiger charge is -2.08. The molecule has 0 saturated carbocycles. The predicted octanol–water partition coefficient (Wildman–Crippen LogP) is 3.14. The van der Waals surface area contributed by atoms with E-state index in [9.17, 15) is 0 Å². The lowest BCUT2D eigenvalue weighted by Crippen LogP contribution is -2.08. The number of hydrogen-bond donors (Lipinski definition) is 2. The summed E-state index contributed by atoms with van der Waals surface area (Å²) in [4.78, 5) is 8.37. The van der Waals surface area contributed by atoms with Crippen LogP contribution in [0.2, 0.25) is 5.02 Å². The van der Waals surface area contributed by atoms with Gasteiger partial charge >= 0.3 is 0 Å². The minimum absolute atomic E-state index is 0.475. The predicted molar refractivity (Wildman–Crippen MR) is 90.2 cm³/mol. The molecular formula is C16H15ClN6. The number of anilines is 2. The van der Waals surface area contributed by atoms with Crippen LogP contribution in [0.5, 0.6) is 0 Å². The quantitative estimate of drug-likeness (QED) is 0.724. The smallest absolute Gasteiger partial charge is 0.244 e. The zero-order valence-electron chi connectivity index (χ0n) is 12.3. The summed E-state index contributed by atoms with van der Waals surface area (Å²) < 4.78 is 0. The van der Waals surface area contributed by atoms with E-state index in [1.165, 1.54) is 0 Å². The minimum atomic E-state index is 0.475. The van der Waals surface area contributed by atoms with Crippen molar-refractivity contribution in [2.75, 3.05) is 10.6 Å². The Morgan fingerprint density at radius 2 is 1.57 bits per heavy atom. The van der Waals surface area contributed by atoms with Crippen LogP contribution in [-0.2, 0) is 13.1 Å². The SMILES string of the molecule is Clc1ccc(CNc2cnnc(NCc3ccncc3)n2)cc1. The molecule has 3 rings (SSSR count). The lowest BCUT2D eigenvalue weighted by molar-refractivity contribution is 0.936. The van der Waals surface area contributed by atoms with Gasteiger partial charge in [0.05, 0.1) is 6.20 Å². The summed E-state index contributed by atoms with van der Waals surface area (Å²) in [5.41, 5.74) is 2.21. The van der Waals surface area contributed by atoms with Crippen molar-refractivity contribution in [3.05, 3.63) is 71.1 Å². The van der Waals surface area contributed by atoms with Crippen molar-refractivity contribution in [3.63, 3.8) is 0 Å². The third-order valence-electron chi connectivity index (χ3n) is 3.15. The van der Waals surface area contributed by atoms with Gasteiger partial charge in [0, 0.05) is 30.5 Å². The second-order valence-corrected chi connectivity index (χ2v) is 5.29. The molecule has 0 atom stereocenters. The molecule has 0 amide bonds. The number of halogens is 1. The Morgan fingerprint density at radius 3 is 2.35 bits per heavy atom. The molecule has 0 spiro atoms. The molecule has 0 radical (unpaired) electrons. The Balaban J connectivity index is 1.57. The van der Waals surface area contributed by atoms with Crippen LogP contribution >= 0.6 is 11.6 Å². The summed E-state index contributed by atoms with van der Waals surface area (Å²) in [7, 11) is 0. The van der Waals surface area contributed by atoms with Crippen LogP contribution in [0.1, 0.15) is 11.1 Å². The first-order valence-electron chi connectivity index (χ1n) is 7.10. The van der Waals surface area contributed by atoms with Crippen molar-refractivity contribution in [2.24, 2.45) is 0 Å². The first kappa shape index (κ1) is 15.2. The van der Waals surface area contributed by atoms with Crippen molar-refractivity contribution in [1.29, 1.82) is 0 Å². The third-order valence-corrected chi connectivity index (χ3v) is 3.40. The second-order valence-electron chi connectivity index (χ2n) is 4.85. The minimum Gasteiger partial charge on any atom is -0.365 e. The molecule has 0 aliphatic carbocycles. The summed E-state index contributed by atoms with van der Waals surface area (Å²) in [5, 5.41) is 15.0. The Kier molecular flexibility index (Phi) is 4.95. The first-order valence-corrected chi connectivity index (χ1v) is 7.48.